The molecule has 8 nitrogen and oxygen atoms in total. The zero-order chi connectivity index (χ0) is 22.7. The number of rotatable bonds is 5. The third kappa shape index (κ3) is 3.48. The molecule has 0 radical (unpaired) electrons. The van der Waals surface area contributed by atoms with Gasteiger partial charge in [0.25, 0.3) is 0 Å². The van der Waals surface area contributed by atoms with E-state index < -0.39 is 10.0 Å². The maximum atomic E-state index is 13.0. The predicted molar refractivity (Wildman–Crippen MR) is 124 cm³/mol. The van der Waals surface area contributed by atoms with Gasteiger partial charge in [-0.15, -0.1) is 0 Å². The molecule has 4 heterocycles. The van der Waals surface area contributed by atoms with Crippen LogP contribution in [0.15, 0.2) is 36.8 Å². The Bertz CT molecular complexity index is 1380. The minimum absolute atomic E-state index is 0.0640. The van der Waals surface area contributed by atoms with Crippen molar-refractivity contribution in [2.24, 2.45) is 0 Å². The summed E-state index contributed by atoms with van der Waals surface area (Å²) in [6.07, 6.45) is 8.49. The van der Waals surface area contributed by atoms with E-state index in [-0.39, 0.29) is 23.4 Å². The van der Waals surface area contributed by atoms with Gasteiger partial charge < -0.3 is 9.30 Å². The fourth-order valence-electron chi connectivity index (χ4n) is 5.36. The number of fused-ring (bicyclic) bond motifs is 3. The number of hydrogen-bond donors (Lipinski definition) is 0. The minimum Gasteiger partial charge on any atom is -0.437 e. The summed E-state index contributed by atoms with van der Waals surface area (Å²) in [6.45, 7) is 7.11. The number of aromatic nitrogens is 3. The Balaban J connectivity index is 1.28. The molecule has 2 saturated heterocycles. The van der Waals surface area contributed by atoms with Gasteiger partial charge in [0.15, 0.2) is 5.69 Å². The second kappa shape index (κ2) is 7.69. The molecule has 2 aliphatic heterocycles. The van der Waals surface area contributed by atoms with Crippen molar-refractivity contribution in [2.45, 2.75) is 61.9 Å². The van der Waals surface area contributed by atoms with Crippen LogP contribution in [0, 0.1) is 6.57 Å². The Kier molecular flexibility index (Phi) is 4.87. The first-order valence-corrected chi connectivity index (χ1v) is 13.0. The summed E-state index contributed by atoms with van der Waals surface area (Å²) >= 11 is 6.28. The quantitative estimate of drug-likeness (QED) is 0.472. The van der Waals surface area contributed by atoms with Gasteiger partial charge in [0, 0.05) is 24.3 Å². The number of piperidine rings is 1. The number of sulfonamides is 1. The van der Waals surface area contributed by atoms with Crippen LogP contribution in [0.4, 0.5) is 5.69 Å². The predicted octanol–water partition coefficient (Wildman–Crippen LogP) is 5.09. The van der Waals surface area contributed by atoms with Crippen molar-refractivity contribution in [1.29, 1.82) is 0 Å². The van der Waals surface area contributed by atoms with E-state index >= 15 is 0 Å². The van der Waals surface area contributed by atoms with E-state index in [1.807, 2.05) is 16.6 Å². The molecule has 33 heavy (non-hydrogen) atoms. The topological polar surface area (TPSA) is 81.7 Å². The Hall–Kier alpha value is -2.67. The Labute approximate surface area is 197 Å². The number of benzene rings is 1. The molecule has 170 valence electrons. The summed E-state index contributed by atoms with van der Waals surface area (Å²) in [5, 5.41) is 0.950. The SMILES string of the molecule is [C-]#[N+]c1ccc(Oc2ncnc3c2ccn3C2CC3CCC(C2)N3S(=O)(=O)C2CC2)c(Cl)c1. The summed E-state index contributed by atoms with van der Waals surface area (Å²) in [5.41, 5.74) is 1.20. The van der Waals surface area contributed by atoms with Gasteiger partial charge in [-0.25, -0.2) is 23.2 Å². The molecule has 0 amide bonds. The highest BCUT2D eigenvalue weighted by molar-refractivity contribution is 7.90. The Morgan fingerprint density at radius 1 is 1.06 bits per heavy atom. The third-order valence-corrected chi connectivity index (χ3v) is 9.79. The number of hydrogen-bond acceptors (Lipinski definition) is 5. The Morgan fingerprint density at radius 3 is 2.48 bits per heavy atom. The van der Waals surface area contributed by atoms with Crippen LogP contribution >= 0.6 is 11.6 Å². The first-order chi connectivity index (χ1) is 16.0. The van der Waals surface area contributed by atoms with Crippen molar-refractivity contribution in [3.63, 3.8) is 0 Å². The molecule has 2 bridgehead atoms. The van der Waals surface area contributed by atoms with Crippen LogP contribution in [0.1, 0.15) is 44.6 Å². The lowest BCUT2D eigenvalue weighted by Crippen LogP contribution is -2.48. The Morgan fingerprint density at radius 2 is 1.82 bits per heavy atom. The molecule has 1 aromatic carbocycles. The van der Waals surface area contributed by atoms with E-state index in [1.54, 1.807) is 18.2 Å². The van der Waals surface area contributed by atoms with Crippen LogP contribution < -0.4 is 4.74 Å². The second-order valence-electron chi connectivity index (χ2n) is 9.05. The zero-order valence-electron chi connectivity index (χ0n) is 17.8. The van der Waals surface area contributed by atoms with Gasteiger partial charge in [-0.2, -0.15) is 4.31 Å². The highest BCUT2D eigenvalue weighted by atomic mass is 35.5. The van der Waals surface area contributed by atoms with Crippen LogP contribution in [0.3, 0.4) is 0 Å². The van der Waals surface area contributed by atoms with Crippen molar-refractivity contribution in [3.05, 3.63) is 53.2 Å². The summed E-state index contributed by atoms with van der Waals surface area (Å²) in [6, 6.07) is 7.11. The summed E-state index contributed by atoms with van der Waals surface area (Å²) in [7, 11) is -3.16. The van der Waals surface area contributed by atoms with Gasteiger partial charge in [0.05, 0.1) is 22.2 Å². The van der Waals surface area contributed by atoms with Gasteiger partial charge in [0.1, 0.15) is 17.7 Å². The van der Waals surface area contributed by atoms with E-state index in [1.165, 1.54) is 6.33 Å². The molecule has 2 unspecified atom stereocenters. The lowest BCUT2D eigenvalue weighted by Gasteiger charge is -2.38. The van der Waals surface area contributed by atoms with Gasteiger partial charge in [0.2, 0.25) is 15.9 Å². The van der Waals surface area contributed by atoms with Crippen molar-refractivity contribution in [2.75, 3.05) is 0 Å². The maximum Gasteiger partial charge on any atom is 0.231 e. The monoisotopic (exact) mass is 483 g/mol. The van der Waals surface area contributed by atoms with Gasteiger partial charge in [-0.1, -0.05) is 17.7 Å². The number of nitrogens with zero attached hydrogens (tertiary/aromatic N) is 5. The molecule has 3 fully saturated rings. The molecular formula is C23H22ClN5O3S. The maximum absolute atomic E-state index is 13.0. The highest BCUT2D eigenvalue weighted by Gasteiger charge is 2.51. The van der Waals surface area contributed by atoms with E-state index in [4.69, 9.17) is 22.9 Å². The lowest BCUT2D eigenvalue weighted by molar-refractivity contribution is 0.195. The van der Waals surface area contributed by atoms with Crippen LogP contribution in [-0.2, 0) is 10.0 Å². The van der Waals surface area contributed by atoms with Crippen LogP contribution in [0.25, 0.3) is 15.9 Å². The van der Waals surface area contributed by atoms with E-state index in [0.717, 1.165) is 49.6 Å². The van der Waals surface area contributed by atoms with Crippen molar-refractivity contribution < 1.29 is 13.2 Å². The molecular weight excluding hydrogens is 462 g/mol. The third-order valence-electron chi connectivity index (χ3n) is 7.00. The molecule has 1 aliphatic carbocycles. The largest absolute Gasteiger partial charge is 0.437 e. The first kappa shape index (κ1) is 20.9. The number of halogens is 1. The molecule has 0 N–H and O–H groups in total. The van der Waals surface area contributed by atoms with Crippen molar-refractivity contribution in [3.8, 4) is 11.6 Å². The fraction of sp³-hybridized carbons (Fsp3) is 0.435. The van der Waals surface area contributed by atoms with Crippen LogP contribution in [0.5, 0.6) is 11.6 Å². The van der Waals surface area contributed by atoms with E-state index in [9.17, 15) is 8.42 Å². The summed E-state index contributed by atoms with van der Waals surface area (Å²) in [5.74, 6) is 0.821. The minimum atomic E-state index is -3.16. The normalized spacial score (nSPS) is 25.3. The molecule has 2 aromatic heterocycles. The first-order valence-electron chi connectivity index (χ1n) is 11.1. The van der Waals surface area contributed by atoms with Gasteiger partial charge >= 0.3 is 0 Å². The van der Waals surface area contributed by atoms with E-state index in [2.05, 4.69) is 19.4 Å². The zero-order valence-corrected chi connectivity index (χ0v) is 19.3. The molecule has 2 atom stereocenters. The average molecular weight is 484 g/mol. The molecule has 3 aromatic rings. The second-order valence-corrected chi connectivity index (χ2v) is 11.6. The summed E-state index contributed by atoms with van der Waals surface area (Å²) in [4.78, 5) is 12.2. The van der Waals surface area contributed by atoms with Crippen LogP contribution in [-0.4, -0.2) is 44.6 Å². The van der Waals surface area contributed by atoms with Gasteiger partial charge in [-0.3, -0.25) is 0 Å². The standard InChI is InChI=1S/C23H22ClN5O3S/c1-25-14-2-7-21(20(24)10-14)32-23-19-8-9-28(22(19)26-13-27-23)17-11-15-3-4-16(12-17)29(15)33(30,31)18-5-6-18/h2,7-10,13,15-18H,3-6,11-12H2. The molecule has 6 rings (SSSR count). The number of ether oxygens (including phenoxy) is 1. The van der Waals surface area contributed by atoms with Crippen molar-refractivity contribution >= 4 is 38.3 Å². The lowest BCUT2D eigenvalue weighted by atomic mass is 9.99. The van der Waals surface area contributed by atoms with Crippen molar-refractivity contribution in [1.82, 2.24) is 18.8 Å². The fourth-order valence-corrected chi connectivity index (χ4v) is 7.86. The van der Waals surface area contributed by atoms with E-state index in [0.29, 0.717) is 22.3 Å². The molecule has 10 heteroatoms. The van der Waals surface area contributed by atoms with Crippen LogP contribution in [0.2, 0.25) is 5.02 Å². The van der Waals surface area contributed by atoms with Gasteiger partial charge in [-0.05, 0) is 56.7 Å². The summed E-state index contributed by atoms with van der Waals surface area (Å²) < 4.78 is 35.9. The molecule has 3 aliphatic rings. The average Bonchev–Trinajstić information content (AvgIpc) is 3.52. The molecule has 1 saturated carbocycles. The highest BCUT2D eigenvalue weighted by Crippen LogP contribution is 2.46. The molecule has 0 spiro atoms. The smallest absolute Gasteiger partial charge is 0.231 e.